The molecular formula is C14H30N2S. The summed E-state index contributed by atoms with van der Waals surface area (Å²) in [6.07, 6.45) is 2.45. The van der Waals surface area contributed by atoms with E-state index in [0.29, 0.717) is 17.4 Å². The van der Waals surface area contributed by atoms with E-state index in [0.717, 1.165) is 19.0 Å². The maximum atomic E-state index is 6.12. The highest BCUT2D eigenvalue weighted by Crippen LogP contribution is 2.35. The van der Waals surface area contributed by atoms with Crippen molar-refractivity contribution in [2.75, 3.05) is 25.1 Å². The zero-order valence-electron chi connectivity index (χ0n) is 12.2. The molecule has 2 unspecified atom stereocenters. The molecule has 1 aliphatic heterocycles. The van der Waals surface area contributed by atoms with E-state index in [2.05, 4.69) is 51.4 Å². The predicted molar refractivity (Wildman–Crippen MR) is 79.6 cm³/mol. The van der Waals surface area contributed by atoms with E-state index in [4.69, 9.17) is 5.73 Å². The molecule has 1 aliphatic rings. The average molecular weight is 258 g/mol. The standard InChI is InChI=1S/C14H30N2S/c1-11(2)13(15)6-7-16(5)12-8-14(3,4)10-17-9-12/h11-13H,6-10,15H2,1-5H3. The van der Waals surface area contributed by atoms with Crippen LogP contribution >= 0.6 is 11.8 Å². The highest BCUT2D eigenvalue weighted by Gasteiger charge is 2.30. The first-order chi connectivity index (χ1) is 7.82. The first kappa shape index (κ1) is 15.3. The Bertz CT molecular complexity index is 228. The van der Waals surface area contributed by atoms with Gasteiger partial charge in [-0.2, -0.15) is 11.8 Å². The third-order valence-corrected chi connectivity index (χ3v) is 5.49. The minimum Gasteiger partial charge on any atom is -0.327 e. The summed E-state index contributed by atoms with van der Waals surface area (Å²) in [5, 5.41) is 0. The Morgan fingerprint density at radius 2 is 2.06 bits per heavy atom. The molecule has 2 nitrogen and oxygen atoms in total. The van der Waals surface area contributed by atoms with Gasteiger partial charge < -0.3 is 10.6 Å². The summed E-state index contributed by atoms with van der Waals surface area (Å²) in [5.41, 5.74) is 6.62. The van der Waals surface area contributed by atoms with E-state index in [9.17, 15) is 0 Å². The maximum absolute atomic E-state index is 6.12. The van der Waals surface area contributed by atoms with E-state index >= 15 is 0 Å². The van der Waals surface area contributed by atoms with Gasteiger partial charge in [0.15, 0.2) is 0 Å². The number of thioether (sulfide) groups is 1. The molecule has 0 aliphatic carbocycles. The second-order valence-corrected chi connectivity index (χ2v) is 7.74. The minimum atomic E-state index is 0.349. The molecule has 0 spiro atoms. The molecule has 2 N–H and O–H groups in total. The molecule has 17 heavy (non-hydrogen) atoms. The summed E-state index contributed by atoms with van der Waals surface area (Å²) in [6.45, 7) is 10.3. The molecule has 0 amide bonds. The quantitative estimate of drug-likeness (QED) is 0.822. The van der Waals surface area contributed by atoms with Crippen LogP contribution in [0.3, 0.4) is 0 Å². The summed E-state index contributed by atoms with van der Waals surface area (Å²) in [6, 6.07) is 1.09. The zero-order valence-corrected chi connectivity index (χ0v) is 13.0. The van der Waals surface area contributed by atoms with Gasteiger partial charge >= 0.3 is 0 Å². The fourth-order valence-electron chi connectivity index (χ4n) is 2.38. The van der Waals surface area contributed by atoms with E-state index in [1.165, 1.54) is 17.9 Å². The molecule has 0 bridgehead atoms. The van der Waals surface area contributed by atoms with Crippen molar-refractivity contribution in [3.8, 4) is 0 Å². The Kier molecular flexibility index (Phi) is 5.81. The van der Waals surface area contributed by atoms with Gasteiger partial charge in [-0.15, -0.1) is 0 Å². The topological polar surface area (TPSA) is 29.3 Å². The Morgan fingerprint density at radius 1 is 1.41 bits per heavy atom. The lowest BCUT2D eigenvalue weighted by Crippen LogP contribution is -2.43. The van der Waals surface area contributed by atoms with Crippen LogP contribution in [0.25, 0.3) is 0 Å². The molecule has 1 rings (SSSR count). The van der Waals surface area contributed by atoms with Crippen LogP contribution in [0.2, 0.25) is 0 Å². The van der Waals surface area contributed by atoms with Crippen LogP contribution in [-0.4, -0.2) is 42.1 Å². The van der Waals surface area contributed by atoms with Gasteiger partial charge in [0.1, 0.15) is 0 Å². The fourth-order valence-corrected chi connectivity index (χ4v) is 3.81. The van der Waals surface area contributed by atoms with Crippen LogP contribution in [-0.2, 0) is 0 Å². The van der Waals surface area contributed by atoms with E-state index < -0.39 is 0 Å². The van der Waals surface area contributed by atoms with Crippen molar-refractivity contribution >= 4 is 11.8 Å². The van der Waals surface area contributed by atoms with E-state index in [1.54, 1.807) is 0 Å². The van der Waals surface area contributed by atoms with Gasteiger partial charge in [-0.3, -0.25) is 0 Å². The number of nitrogens with two attached hydrogens (primary N) is 1. The molecule has 0 aromatic carbocycles. The average Bonchev–Trinajstić information content (AvgIpc) is 2.23. The summed E-state index contributed by atoms with van der Waals surface area (Å²) >= 11 is 2.11. The number of nitrogens with zero attached hydrogens (tertiary/aromatic N) is 1. The van der Waals surface area contributed by atoms with Crippen molar-refractivity contribution in [2.45, 2.75) is 52.6 Å². The monoisotopic (exact) mass is 258 g/mol. The van der Waals surface area contributed by atoms with Crippen LogP contribution in [0.15, 0.2) is 0 Å². The molecule has 2 atom stereocenters. The van der Waals surface area contributed by atoms with Crippen LogP contribution in [0.1, 0.15) is 40.5 Å². The Balaban J connectivity index is 2.34. The lowest BCUT2D eigenvalue weighted by molar-refractivity contribution is 0.183. The highest BCUT2D eigenvalue weighted by atomic mass is 32.2. The summed E-state index contributed by atoms with van der Waals surface area (Å²) in [7, 11) is 2.26. The SMILES string of the molecule is CC(C)C(N)CCN(C)C1CSCC(C)(C)C1. The minimum absolute atomic E-state index is 0.349. The third kappa shape index (κ3) is 5.19. The molecule has 0 radical (unpaired) electrons. The first-order valence-electron chi connectivity index (χ1n) is 6.85. The van der Waals surface area contributed by atoms with Crippen LogP contribution in [0, 0.1) is 11.3 Å². The maximum Gasteiger partial charge on any atom is 0.0188 e. The Hall–Kier alpha value is 0.270. The third-order valence-electron chi connectivity index (χ3n) is 3.89. The molecule has 0 aromatic rings. The molecule has 1 heterocycles. The zero-order chi connectivity index (χ0) is 13.1. The fraction of sp³-hybridized carbons (Fsp3) is 1.00. The molecule has 0 aromatic heterocycles. The van der Waals surface area contributed by atoms with Crippen molar-refractivity contribution in [1.29, 1.82) is 0 Å². The van der Waals surface area contributed by atoms with Crippen molar-refractivity contribution in [1.82, 2.24) is 4.90 Å². The summed E-state index contributed by atoms with van der Waals surface area (Å²) in [4.78, 5) is 2.52. The Morgan fingerprint density at radius 3 is 2.59 bits per heavy atom. The predicted octanol–water partition coefficient (Wildman–Crippen LogP) is 2.82. The molecule has 3 heteroatoms. The molecular weight excluding hydrogens is 228 g/mol. The molecule has 0 saturated carbocycles. The van der Waals surface area contributed by atoms with Crippen LogP contribution in [0.5, 0.6) is 0 Å². The molecule has 1 fully saturated rings. The van der Waals surface area contributed by atoms with Crippen LogP contribution in [0.4, 0.5) is 0 Å². The summed E-state index contributed by atoms with van der Waals surface area (Å²) in [5.74, 6) is 3.19. The van der Waals surface area contributed by atoms with Gasteiger partial charge in [0, 0.05) is 17.8 Å². The van der Waals surface area contributed by atoms with Gasteiger partial charge in [-0.05, 0) is 43.5 Å². The van der Waals surface area contributed by atoms with Crippen molar-refractivity contribution in [2.24, 2.45) is 17.1 Å². The number of hydrogen-bond acceptors (Lipinski definition) is 3. The highest BCUT2D eigenvalue weighted by molar-refractivity contribution is 7.99. The lowest BCUT2D eigenvalue weighted by Gasteiger charge is -2.39. The normalized spacial score (nSPS) is 26.5. The second kappa shape index (κ2) is 6.44. The van der Waals surface area contributed by atoms with Gasteiger partial charge in [-0.1, -0.05) is 27.7 Å². The van der Waals surface area contributed by atoms with Gasteiger partial charge in [-0.25, -0.2) is 0 Å². The van der Waals surface area contributed by atoms with Crippen molar-refractivity contribution in [3.05, 3.63) is 0 Å². The second-order valence-electron chi connectivity index (χ2n) is 6.71. The first-order valence-corrected chi connectivity index (χ1v) is 8.01. The van der Waals surface area contributed by atoms with Crippen molar-refractivity contribution < 1.29 is 0 Å². The van der Waals surface area contributed by atoms with Crippen LogP contribution < -0.4 is 5.73 Å². The van der Waals surface area contributed by atoms with Crippen molar-refractivity contribution in [3.63, 3.8) is 0 Å². The Labute approximate surface area is 112 Å². The van der Waals surface area contributed by atoms with E-state index in [1.807, 2.05) is 0 Å². The van der Waals surface area contributed by atoms with Gasteiger partial charge in [0.05, 0.1) is 0 Å². The smallest absolute Gasteiger partial charge is 0.0188 e. The summed E-state index contributed by atoms with van der Waals surface area (Å²) < 4.78 is 0. The van der Waals surface area contributed by atoms with E-state index in [-0.39, 0.29) is 0 Å². The molecule has 1 saturated heterocycles. The lowest BCUT2D eigenvalue weighted by atomic mass is 9.87. The molecule has 102 valence electrons. The van der Waals surface area contributed by atoms with Gasteiger partial charge in [0.2, 0.25) is 0 Å². The number of rotatable bonds is 5. The largest absolute Gasteiger partial charge is 0.327 e. The number of hydrogen-bond donors (Lipinski definition) is 1. The van der Waals surface area contributed by atoms with Gasteiger partial charge in [0.25, 0.3) is 0 Å².